The molecule has 2 atom stereocenters. The lowest BCUT2D eigenvalue weighted by atomic mass is 9.92. The molecule has 9 heteroatoms. The smallest absolute Gasteiger partial charge is 0.242 e. The highest BCUT2D eigenvalue weighted by Gasteiger charge is 2.57. The van der Waals surface area contributed by atoms with E-state index in [9.17, 15) is 8.42 Å². The van der Waals surface area contributed by atoms with Gasteiger partial charge in [-0.1, -0.05) is 72.3 Å². The number of sulfonamides is 1. The second-order valence-electron chi connectivity index (χ2n) is 11.4. The minimum Gasteiger partial charge on any atom is -0.425 e. The number of hydrogen-bond acceptors (Lipinski definition) is 6. The lowest BCUT2D eigenvalue weighted by Crippen LogP contribution is -2.39. The van der Waals surface area contributed by atoms with Crippen LogP contribution in [0.25, 0.3) is 0 Å². The fourth-order valence-electron chi connectivity index (χ4n) is 6.26. The van der Waals surface area contributed by atoms with Crippen LogP contribution in [-0.4, -0.2) is 61.0 Å². The maximum Gasteiger partial charge on any atom is 0.242 e. The van der Waals surface area contributed by atoms with Gasteiger partial charge in [-0.3, -0.25) is 0 Å². The van der Waals surface area contributed by atoms with E-state index >= 15 is 0 Å². The zero-order chi connectivity index (χ0) is 28.5. The van der Waals surface area contributed by atoms with Crippen molar-refractivity contribution in [2.24, 2.45) is 5.92 Å². The average molecular weight is 591 g/mol. The molecule has 2 heterocycles. The summed E-state index contributed by atoms with van der Waals surface area (Å²) in [5, 5.41) is 9.35. The molecule has 7 nitrogen and oxygen atoms in total. The molecule has 0 amide bonds. The quantitative estimate of drug-likeness (QED) is 0.233. The van der Waals surface area contributed by atoms with Gasteiger partial charge in [0.15, 0.2) is 0 Å². The molecule has 0 N–H and O–H groups in total. The van der Waals surface area contributed by atoms with Crippen molar-refractivity contribution in [1.29, 1.82) is 0 Å². The SMILES string of the molecule is CN(C[C@@]1(c2cccc(Cl)c2)C[C@H]1CN1CCC(c2nnc(Cc3ccccc3)o2)CC1)S(=O)(=O)c1ccccc1. The van der Waals surface area contributed by atoms with Gasteiger partial charge in [0.1, 0.15) is 0 Å². The number of likely N-dealkylation sites (N-methyl/N-ethyl adjacent to an activating group) is 1. The van der Waals surface area contributed by atoms with E-state index in [0.717, 1.165) is 55.9 Å². The van der Waals surface area contributed by atoms with Gasteiger partial charge in [-0.25, -0.2) is 12.7 Å². The summed E-state index contributed by atoms with van der Waals surface area (Å²) in [7, 11) is -1.91. The van der Waals surface area contributed by atoms with Crippen LogP contribution in [0.15, 0.2) is 94.2 Å². The third kappa shape index (κ3) is 6.11. The van der Waals surface area contributed by atoms with E-state index in [4.69, 9.17) is 16.0 Å². The predicted molar refractivity (Wildman–Crippen MR) is 159 cm³/mol. The summed E-state index contributed by atoms with van der Waals surface area (Å²) in [6, 6.07) is 26.7. The Kier molecular flexibility index (Phi) is 8.01. The molecule has 41 heavy (non-hydrogen) atoms. The highest BCUT2D eigenvalue weighted by molar-refractivity contribution is 7.89. The van der Waals surface area contributed by atoms with Crippen molar-refractivity contribution in [2.75, 3.05) is 33.2 Å². The lowest BCUT2D eigenvalue weighted by Gasteiger charge is -2.32. The number of likely N-dealkylation sites (tertiary alicyclic amines) is 1. The number of aromatic nitrogens is 2. The van der Waals surface area contributed by atoms with Crippen molar-refractivity contribution in [3.05, 3.63) is 113 Å². The van der Waals surface area contributed by atoms with E-state index in [1.807, 2.05) is 42.5 Å². The van der Waals surface area contributed by atoms with Crippen LogP contribution in [0.5, 0.6) is 0 Å². The molecule has 0 unspecified atom stereocenters. The highest BCUT2D eigenvalue weighted by Crippen LogP contribution is 2.56. The second kappa shape index (κ2) is 11.7. The first kappa shape index (κ1) is 28.1. The molecular weight excluding hydrogens is 556 g/mol. The predicted octanol–water partition coefficient (Wildman–Crippen LogP) is 5.77. The van der Waals surface area contributed by atoms with Crippen molar-refractivity contribution in [3.63, 3.8) is 0 Å². The topological polar surface area (TPSA) is 79.5 Å². The molecule has 3 aromatic carbocycles. The molecule has 0 radical (unpaired) electrons. The molecule has 0 bridgehead atoms. The van der Waals surface area contributed by atoms with Crippen LogP contribution in [-0.2, 0) is 21.9 Å². The van der Waals surface area contributed by atoms with Crippen LogP contribution in [0.4, 0.5) is 0 Å². The standard InChI is InChI=1S/C32H35ClN4O3S/c1-36(41(38,39)29-13-6-3-7-14-29)23-32(26-11-8-12-28(33)20-26)21-27(32)22-37-17-15-25(16-18-37)31-35-34-30(40-31)19-24-9-4-2-5-10-24/h2-14,20,25,27H,15-19,21-23H2,1H3/t27-,32+/m0/s1. The zero-order valence-electron chi connectivity index (χ0n) is 23.2. The minimum atomic E-state index is -3.60. The van der Waals surface area contributed by atoms with Crippen LogP contribution in [0, 0.1) is 5.92 Å². The van der Waals surface area contributed by atoms with E-state index in [1.165, 1.54) is 4.31 Å². The van der Waals surface area contributed by atoms with Crippen molar-refractivity contribution in [3.8, 4) is 0 Å². The van der Waals surface area contributed by atoms with Gasteiger partial charge in [0.25, 0.3) is 0 Å². The molecule has 4 aromatic rings. The molecule has 2 aliphatic rings. The Balaban J connectivity index is 1.10. The van der Waals surface area contributed by atoms with Crippen LogP contribution in [0.1, 0.15) is 48.1 Å². The molecular formula is C32H35ClN4O3S. The van der Waals surface area contributed by atoms with Gasteiger partial charge in [-0.2, -0.15) is 0 Å². The Bertz CT molecular complexity index is 1570. The molecule has 2 fully saturated rings. The van der Waals surface area contributed by atoms with Gasteiger partial charge in [0, 0.05) is 36.5 Å². The Morgan fingerprint density at radius 3 is 2.39 bits per heavy atom. The van der Waals surface area contributed by atoms with E-state index < -0.39 is 10.0 Å². The summed E-state index contributed by atoms with van der Waals surface area (Å²) < 4.78 is 34.3. The summed E-state index contributed by atoms with van der Waals surface area (Å²) in [5.74, 6) is 2.00. The first-order chi connectivity index (χ1) is 19.8. The first-order valence-electron chi connectivity index (χ1n) is 14.2. The molecule has 0 spiro atoms. The number of halogens is 1. The van der Waals surface area contributed by atoms with Crippen LogP contribution >= 0.6 is 11.6 Å². The minimum absolute atomic E-state index is 0.266. The van der Waals surface area contributed by atoms with E-state index in [0.29, 0.717) is 34.7 Å². The van der Waals surface area contributed by atoms with Crippen molar-refractivity contribution >= 4 is 21.6 Å². The largest absolute Gasteiger partial charge is 0.425 e. The number of piperidine rings is 1. The Morgan fingerprint density at radius 1 is 0.976 bits per heavy atom. The highest BCUT2D eigenvalue weighted by atomic mass is 35.5. The van der Waals surface area contributed by atoms with Gasteiger partial charge in [0.2, 0.25) is 21.8 Å². The lowest BCUT2D eigenvalue weighted by molar-refractivity contribution is 0.186. The van der Waals surface area contributed by atoms with Crippen molar-refractivity contribution in [2.45, 2.75) is 41.9 Å². The maximum absolute atomic E-state index is 13.4. The molecule has 1 saturated heterocycles. The summed E-state index contributed by atoms with van der Waals surface area (Å²) >= 11 is 6.40. The molecule has 6 rings (SSSR count). The molecule has 1 aliphatic carbocycles. The zero-order valence-corrected chi connectivity index (χ0v) is 24.8. The fraction of sp³-hybridized carbons (Fsp3) is 0.375. The fourth-order valence-corrected chi connectivity index (χ4v) is 7.71. The first-order valence-corrected chi connectivity index (χ1v) is 16.0. The van der Waals surface area contributed by atoms with E-state index in [2.05, 4.69) is 33.3 Å². The summed E-state index contributed by atoms with van der Waals surface area (Å²) in [6.07, 6.45) is 3.50. The van der Waals surface area contributed by atoms with Crippen LogP contribution in [0.2, 0.25) is 5.02 Å². The van der Waals surface area contributed by atoms with Gasteiger partial charge in [-0.15, -0.1) is 10.2 Å². The second-order valence-corrected chi connectivity index (χ2v) is 13.9. The van der Waals surface area contributed by atoms with Gasteiger partial charge >= 0.3 is 0 Å². The van der Waals surface area contributed by atoms with E-state index in [1.54, 1.807) is 31.3 Å². The Morgan fingerprint density at radius 2 is 1.68 bits per heavy atom. The number of benzene rings is 3. The molecule has 214 valence electrons. The monoisotopic (exact) mass is 590 g/mol. The molecule has 1 aliphatic heterocycles. The molecule has 1 aromatic heterocycles. The van der Waals surface area contributed by atoms with Crippen LogP contribution in [0.3, 0.4) is 0 Å². The van der Waals surface area contributed by atoms with Gasteiger partial charge < -0.3 is 9.32 Å². The third-order valence-electron chi connectivity index (χ3n) is 8.68. The number of hydrogen-bond donors (Lipinski definition) is 0. The van der Waals surface area contributed by atoms with Gasteiger partial charge in [-0.05, 0) is 73.7 Å². The average Bonchev–Trinajstić information content (AvgIpc) is 3.47. The maximum atomic E-state index is 13.4. The van der Waals surface area contributed by atoms with E-state index in [-0.39, 0.29) is 11.3 Å². The van der Waals surface area contributed by atoms with Crippen molar-refractivity contribution < 1.29 is 12.8 Å². The third-order valence-corrected chi connectivity index (χ3v) is 10.7. The number of nitrogens with zero attached hydrogens (tertiary/aromatic N) is 4. The molecule has 1 saturated carbocycles. The normalized spacial score (nSPS) is 21.8. The summed E-state index contributed by atoms with van der Waals surface area (Å²) in [6.45, 7) is 3.22. The Hall–Kier alpha value is -3.04. The summed E-state index contributed by atoms with van der Waals surface area (Å²) in [5.41, 5.74) is 2.00. The summed E-state index contributed by atoms with van der Waals surface area (Å²) in [4.78, 5) is 2.82. The van der Waals surface area contributed by atoms with Gasteiger partial charge in [0.05, 0.1) is 11.3 Å². The number of rotatable bonds is 10. The Labute approximate surface area is 247 Å². The van der Waals surface area contributed by atoms with Crippen LogP contribution < -0.4 is 0 Å². The van der Waals surface area contributed by atoms with Crippen molar-refractivity contribution in [1.82, 2.24) is 19.4 Å².